The molecule has 2 aliphatic rings. The number of hydrogen-bond donors (Lipinski definition) is 1. The standard InChI is InChI=1S/C17H19F3O5S/c1-8(21)25-16-12(18)5-11-10(15(22)9-6-17(19,20)7-9)3-4-13(14(11)16)26(2,23)24/h3-4,9,12,15-16,22H,5-7H2,1-2H3/t12-,15-,16-/m1/s1. The second-order valence-corrected chi connectivity index (χ2v) is 9.02. The fourth-order valence-corrected chi connectivity index (χ4v) is 4.73. The van der Waals surface area contributed by atoms with Crippen molar-refractivity contribution in [2.75, 3.05) is 6.26 Å². The van der Waals surface area contributed by atoms with Crippen LogP contribution >= 0.6 is 0 Å². The van der Waals surface area contributed by atoms with Crippen molar-refractivity contribution in [3.8, 4) is 0 Å². The molecule has 5 nitrogen and oxygen atoms in total. The molecule has 1 aromatic rings. The van der Waals surface area contributed by atoms with Crippen LogP contribution in [0.3, 0.4) is 0 Å². The van der Waals surface area contributed by atoms with E-state index in [-0.39, 0.29) is 28.0 Å². The van der Waals surface area contributed by atoms with Crippen molar-refractivity contribution in [3.63, 3.8) is 0 Å². The molecule has 3 rings (SSSR count). The van der Waals surface area contributed by atoms with Crippen LogP contribution in [0.1, 0.15) is 48.7 Å². The number of rotatable bonds is 4. The average Bonchev–Trinajstić information content (AvgIpc) is 2.78. The van der Waals surface area contributed by atoms with E-state index in [1.807, 2.05) is 0 Å². The van der Waals surface area contributed by atoms with Gasteiger partial charge in [-0.1, -0.05) is 6.07 Å². The summed E-state index contributed by atoms with van der Waals surface area (Å²) >= 11 is 0. The van der Waals surface area contributed by atoms with Gasteiger partial charge in [-0.15, -0.1) is 0 Å². The zero-order chi connectivity index (χ0) is 19.4. The smallest absolute Gasteiger partial charge is 0.303 e. The summed E-state index contributed by atoms with van der Waals surface area (Å²) in [7, 11) is -3.75. The van der Waals surface area contributed by atoms with E-state index in [0.29, 0.717) is 0 Å². The topological polar surface area (TPSA) is 80.7 Å². The maximum absolute atomic E-state index is 14.5. The lowest BCUT2D eigenvalue weighted by atomic mass is 9.74. The van der Waals surface area contributed by atoms with Gasteiger partial charge in [-0.05, 0) is 17.2 Å². The Hall–Kier alpha value is -1.61. The van der Waals surface area contributed by atoms with Crippen LogP contribution in [0.2, 0.25) is 0 Å². The molecule has 0 spiro atoms. The van der Waals surface area contributed by atoms with Crippen molar-refractivity contribution in [3.05, 3.63) is 28.8 Å². The minimum Gasteiger partial charge on any atom is -0.454 e. The van der Waals surface area contributed by atoms with E-state index in [1.165, 1.54) is 12.1 Å². The predicted octanol–water partition coefficient (Wildman–Crippen LogP) is 2.67. The number of ether oxygens (including phenoxy) is 1. The number of hydrogen-bond acceptors (Lipinski definition) is 5. The fourth-order valence-electron chi connectivity index (χ4n) is 3.78. The molecule has 0 saturated heterocycles. The van der Waals surface area contributed by atoms with Gasteiger partial charge < -0.3 is 9.84 Å². The summed E-state index contributed by atoms with van der Waals surface area (Å²) in [6, 6.07) is 2.54. The van der Waals surface area contributed by atoms with Crippen molar-refractivity contribution in [2.45, 2.75) is 55.4 Å². The molecule has 0 aliphatic heterocycles. The van der Waals surface area contributed by atoms with Crippen LogP contribution in [0.25, 0.3) is 0 Å². The molecule has 9 heteroatoms. The minimum absolute atomic E-state index is 0.00201. The summed E-state index contributed by atoms with van der Waals surface area (Å²) in [5.74, 6) is -4.29. The molecule has 1 aromatic carbocycles. The third-order valence-corrected chi connectivity index (χ3v) is 6.10. The molecule has 0 unspecified atom stereocenters. The Balaban J connectivity index is 2.08. The van der Waals surface area contributed by atoms with Crippen molar-refractivity contribution < 1.29 is 36.2 Å². The van der Waals surface area contributed by atoms with Gasteiger partial charge in [0.15, 0.2) is 15.9 Å². The molecule has 1 saturated carbocycles. The van der Waals surface area contributed by atoms with Gasteiger partial charge in [-0.2, -0.15) is 0 Å². The monoisotopic (exact) mass is 392 g/mol. The van der Waals surface area contributed by atoms with E-state index in [0.717, 1.165) is 13.2 Å². The molecule has 1 N–H and O–H groups in total. The summed E-state index contributed by atoms with van der Waals surface area (Å²) in [6.07, 6.45) is -4.62. The first-order valence-corrected chi connectivity index (χ1v) is 10.0. The highest BCUT2D eigenvalue weighted by molar-refractivity contribution is 7.90. The Bertz CT molecular complexity index is 844. The van der Waals surface area contributed by atoms with Crippen molar-refractivity contribution >= 4 is 15.8 Å². The molecule has 1 fully saturated rings. The van der Waals surface area contributed by atoms with Crippen LogP contribution in [-0.4, -0.2) is 37.8 Å². The summed E-state index contributed by atoms with van der Waals surface area (Å²) in [5.41, 5.74) is 0.428. The zero-order valence-corrected chi connectivity index (χ0v) is 15.0. The van der Waals surface area contributed by atoms with Crippen LogP contribution in [-0.2, 0) is 25.8 Å². The van der Waals surface area contributed by atoms with Gasteiger partial charge in [0.2, 0.25) is 5.92 Å². The van der Waals surface area contributed by atoms with Gasteiger partial charge in [0.05, 0.1) is 11.0 Å². The molecule has 144 valence electrons. The Labute approximate surface area is 149 Å². The lowest BCUT2D eigenvalue weighted by Gasteiger charge is -2.38. The SMILES string of the molecule is CC(=O)O[C@H]1c2c(S(C)(=O)=O)ccc([C@H](O)C3CC(F)(F)C3)c2C[C@H]1F. The normalized spacial score (nSPS) is 26.1. The lowest BCUT2D eigenvalue weighted by Crippen LogP contribution is -2.39. The van der Waals surface area contributed by atoms with Crippen LogP contribution < -0.4 is 0 Å². The number of aliphatic hydroxyl groups excluding tert-OH is 1. The first-order chi connectivity index (χ1) is 11.9. The molecular weight excluding hydrogens is 373 g/mol. The first-order valence-electron chi connectivity index (χ1n) is 8.13. The maximum Gasteiger partial charge on any atom is 0.303 e. The molecule has 0 heterocycles. The molecule has 0 bridgehead atoms. The zero-order valence-electron chi connectivity index (χ0n) is 14.2. The Morgan fingerprint density at radius 1 is 1.35 bits per heavy atom. The van der Waals surface area contributed by atoms with E-state index in [4.69, 9.17) is 4.74 Å². The van der Waals surface area contributed by atoms with Gasteiger partial charge >= 0.3 is 5.97 Å². The van der Waals surface area contributed by atoms with Gasteiger partial charge in [0.25, 0.3) is 0 Å². The van der Waals surface area contributed by atoms with Crippen molar-refractivity contribution in [2.24, 2.45) is 5.92 Å². The van der Waals surface area contributed by atoms with Crippen LogP contribution in [0.5, 0.6) is 0 Å². The molecule has 2 aliphatic carbocycles. The average molecular weight is 392 g/mol. The number of halogens is 3. The van der Waals surface area contributed by atoms with Gasteiger partial charge in [-0.3, -0.25) is 4.79 Å². The first kappa shape index (κ1) is 19.2. The van der Waals surface area contributed by atoms with Crippen LogP contribution in [0.4, 0.5) is 13.2 Å². The van der Waals surface area contributed by atoms with E-state index in [2.05, 4.69) is 0 Å². The molecule has 0 radical (unpaired) electrons. The predicted molar refractivity (Wildman–Crippen MR) is 85.3 cm³/mol. The summed E-state index contributed by atoms with van der Waals surface area (Å²) in [5, 5.41) is 10.5. The minimum atomic E-state index is -3.75. The molecular formula is C17H19F3O5S. The second-order valence-electron chi connectivity index (χ2n) is 7.04. The van der Waals surface area contributed by atoms with E-state index < -0.39 is 58.9 Å². The van der Waals surface area contributed by atoms with Gasteiger partial charge in [-0.25, -0.2) is 21.6 Å². The Morgan fingerprint density at radius 2 is 1.96 bits per heavy atom. The van der Waals surface area contributed by atoms with Crippen LogP contribution in [0.15, 0.2) is 17.0 Å². The lowest BCUT2D eigenvalue weighted by molar-refractivity contribution is -0.149. The third kappa shape index (κ3) is 3.34. The molecule has 3 atom stereocenters. The second kappa shape index (κ2) is 6.23. The number of aliphatic hydroxyl groups is 1. The maximum atomic E-state index is 14.5. The Morgan fingerprint density at radius 3 is 2.46 bits per heavy atom. The third-order valence-electron chi connectivity index (χ3n) is 4.94. The largest absolute Gasteiger partial charge is 0.454 e. The Kier molecular flexibility index (Phi) is 4.59. The summed E-state index contributed by atoms with van der Waals surface area (Å²) in [6.45, 7) is 1.08. The van der Waals surface area contributed by atoms with E-state index >= 15 is 0 Å². The van der Waals surface area contributed by atoms with Crippen molar-refractivity contribution in [1.29, 1.82) is 0 Å². The highest BCUT2D eigenvalue weighted by Crippen LogP contribution is 2.51. The molecule has 0 aromatic heterocycles. The molecule has 0 amide bonds. The number of esters is 1. The van der Waals surface area contributed by atoms with Gasteiger partial charge in [0, 0.05) is 43.9 Å². The summed E-state index contributed by atoms with van der Waals surface area (Å²) < 4.78 is 69.9. The number of carbonyl (C=O) groups excluding carboxylic acids is 1. The quantitative estimate of drug-likeness (QED) is 0.797. The number of fused-ring (bicyclic) bond motifs is 1. The number of sulfone groups is 1. The summed E-state index contributed by atoms with van der Waals surface area (Å²) in [4.78, 5) is 11.1. The van der Waals surface area contributed by atoms with Crippen LogP contribution in [0, 0.1) is 5.92 Å². The highest BCUT2D eigenvalue weighted by atomic mass is 32.2. The van der Waals surface area contributed by atoms with E-state index in [1.54, 1.807) is 0 Å². The van der Waals surface area contributed by atoms with Gasteiger partial charge in [0.1, 0.15) is 6.17 Å². The number of benzene rings is 1. The number of alkyl halides is 3. The highest BCUT2D eigenvalue weighted by Gasteiger charge is 2.50. The fraction of sp³-hybridized carbons (Fsp3) is 0.588. The van der Waals surface area contributed by atoms with Crippen molar-refractivity contribution in [1.82, 2.24) is 0 Å². The number of carbonyl (C=O) groups is 1. The van der Waals surface area contributed by atoms with E-state index in [9.17, 15) is 31.5 Å². The molecule has 26 heavy (non-hydrogen) atoms.